The van der Waals surface area contributed by atoms with Crippen LogP contribution in [0.25, 0.3) is 22.4 Å². The van der Waals surface area contributed by atoms with E-state index in [1.54, 1.807) is 42.9 Å². The number of benzene rings is 2. The minimum absolute atomic E-state index is 0.333. The highest BCUT2D eigenvalue weighted by molar-refractivity contribution is 6.00. The van der Waals surface area contributed by atoms with Crippen LogP contribution in [0.4, 0.5) is 21.9 Å². The molecule has 0 aliphatic heterocycles. The van der Waals surface area contributed by atoms with Crippen molar-refractivity contribution in [2.24, 2.45) is 0 Å². The molecule has 7 heteroatoms. The Morgan fingerprint density at radius 3 is 2.43 bits per heavy atom. The number of aromatic nitrogens is 3. The van der Waals surface area contributed by atoms with Gasteiger partial charge in [-0.2, -0.15) is 5.10 Å². The lowest BCUT2D eigenvalue weighted by Gasteiger charge is -2.10. The van der Waals surface area contributed by atoms with Crippen molar-refractivity contribution in [1.82, 2.24) is 15.2 Å². The fourth-order valence-corrected chi connectivity index (χ4v) is 2.87. The van der Waals surface area contributed by atoms with Crippen molar-refractivity contribution in [3.8, 4) is 22.4 Å². The Morgan fingerprint density at radius 1 is 0.893 bits per heavy atom. The molecule has 28 heavy (non-hydrogen) atoms. The van der Waals surface area contributed by atoms with Crippen molar-refractivity contribution >= 4 is 23.1 Å². The van der Waals surface area contributed by atoms with E-state index in [9.17, 15) is 4.79 Å². The van der Waals surface area contributed by atoms with Gasteiger partial charge in [0.15, 0.2) is 0 Å². The second kappa shape index (κ2) is 7.63. The van der Waals surface area contributed by atoms with Crippen LogP contribution in [0.3, 0.4) is 0 Å². The second-order valence-corrected chi connectivity index (χ2v) is 6.18. The number of anilines is 3. The van der Waals surface area contributed by atoms with Crippen LogP contribution in [0.2, 0.25) is 0 Å². The molecule has 0 saturated carbocycles. The van der Waals surface area contributed by atoms with Crippen LogP contribution < -0.4 is 16.4 Å². The van der Waals surface area contributed by atoms with E-state index >= 15 is 0 Å². The molecule has 0 spiro atoms. The number of H-pyrrole nitrogens is 1. The fourth-order valence-electron chi connectivity index (χ4n) is 2.87. The highest BCUT2D eigenvalue weighted by Gasteiger charge is 2.11. The van der Waals surface area contributed by atoms with Crippen LogP contribution in [0, 0.1) is 0 Å². The van der Waals surface area contributed by atoms with E-state index in [1.807, 2.05) is 36.4 Å². The van der Waals surface area contributed by atoms with Crippen molar-refractivity contribution in [3.63, 3.8) is 0 Å². The number of nitrogen functional groups attached to an aromatic ring is 1. The summed E-state index contributed by atoms with van der Waals surface area (Å²) in [5.41, 5.74) is 11.4. The molecule has 4 rings (SSSR count). The monoisotopic (exact) mass is 370 g/mol. The number of urea groups is 1. The fraction of sp³-hybridized carbons (Fsp3) is 0. The predicted molar refractivity (Wildman–Crippen MR) is 111 cm³/mol. The van der Waals surface area contributed by atoms with Gasteiger partial charge in [-0.1, -0.05) is 12.1 Å². The van der Waals surface area contributed by atoms with Gasteiger partial charge in [-0.25, -0.2) is 4.79 Å². The Kier molecular flexibility index (Phi) is 4.71. The van der Waals surface area contributed by atoms with Crippen molar-refractivity contribution in [1.29, 1.82) is 0 Å². The third-order valence-electron chi connectivity index (χ3n) is 4.21. The molecular weight excluding hydrogens is 352 g/mol. The van der Waals surface area contributed by atoms with Gasteiger partial charge in [-0.3, -0.25) is 10.1 Å². The van der Waals surface area contributed by atoms with Gasteiger partial charge in [0.05, 0.1) is 11.9 Å². The lowest BCUT2D eigenvalue weighted by atomic mass is 10.0. The quantitative estimate of drug-likeness (QED) is 0.400. The van der Waals surface area contributed by atoms with Gasteiger partial charge in [0.1, 0.15) is 0 Å². The number of carbonyl (C=O) groups excluding carboxylic acids is 1. The highest BCUT2D eigenvalue weighted by atomic mass is 16.2. The molecule has 4 aromatic rings. The van der Waals surface area contributed by atoms with Crippen molar-refractivity contribution < 1.29 is 4.79 Å². The third kappa shape index (κ3) is 3.83. The first-order valence-electron chi connectivity index (χ1n) is 8.67. The zero-order chi connectivity index (χ0) is 19.3. The summed E-state index contributed by atoms with van der Waals surface area (Å²) in [4.78, 5) is 16.3. The van der Waals surface area contributed by atoms with E-state index in [-0.39, 0.29) is 6.03 Å². The topological polar surface area (TPSA) is 109 Å². The number of nitrogens with one attached hydrogen (secondary N) is 3. The maximum Gasteiger partial charge on any atom is 0.323 e. The molecule has 0 unspecified atom stereocenters. The molecule has 0 aliphatic carbocycles. The molecule has 0 saturated heterocycles. The first-order valence-corrected chi connectivity index (χ1v) is 8.67. The summed E-state index contributed by atoms with van der Waals surface area (Å²) >= 11 is 0. The molecule has 2 aromatic heterocycles. The molecule has 0 aliphatic rings. The minimum Gasteiger partial charge on any atom is -0.399 e. The molecule has 7 nitrogen and oxygen atoms in total. The zero-order valence-corrected chi connectivity index (χ0v) is 14.9. The lowest BCUT2D eigenvalue weighted by molar-refractivity contribution is 0.262. The summed E-state index contributed by atoms with van der Waals surface area (Å²) in [6.45, 7) is 0. The summed E-state index contributed by atoms with van der Waals surface area (Å²) in [6.07, 6.45) is 5.26. The van der Waals surface area contributed by atoms with E-state index < -0.39 is 0 Å². The maximum absolute atomic E-state index is 12.3. The average molecular weight is 370 g/mol. The maximum atomic E-state index is 12.3. The molecular formula is C21H18N6O. The summed E-state index contributed by atoms with van der Waals surface area (Å²) in [7, 11) is 0. The Labute approximate surface area is 161 Å². The number of hydrogen-bond acceptors (Lipinski definition) is 4. The molecule has 0 radical (unpaired) electrons. The molecule has 2 aromatic carbocycles. The van der Waals surface area contributed by atoms with Crippen molar-refractivity contribution in [2.45, 2.75) is 0 Å². The Hall–Kier alpha value is -4.13. The number of nitrogens with two attached hydrogens (primary N) is 1. The summed E-state index contributed by atoms with van der Waals surface area (Å²) in [5.74, 6) is 0. The van der Waals surface area contributed by atoms with Gasteiger partial charge in [-0.05, 0) is 54.1 Å². The number of hydrogen-bond donors (Lipinski definition) is 4. The summed E-state index contributed by atoms with van der Waals surface area (Å²) in [6, 6.07) is 18.0. The van der Waals surface area contributed by atoms with Gasteiger partial charge in [0, 0.05) is 40.6 Å². The third-order valence-corrected chi connectivity index (χ3v) is 4.21. The summed E-state index contributed by atoms with van der Waals surface area (Å²) in [5, 5.41) is 12.8. The molecule has 5 N–H and O–H groups in total. The van der Waals surface area contributed by atoms with Gasteiger partial charge >= 0.3 is 6.03 Å². The first kappa shape index (κ1) is 17.3. The number of pyridine rings is 1. The Morgan fingerprint density at radius 2 is 1.64 bits per heavy atom. The van der Waals surface area contributed by atoms with Crippen LogP contribution in [-0.2, 0) is 0 Å². The van der Waals surface area contributed by atoms with E-state index in [1.165, 1.54) is 0 Å². The molecule has 0 bridgehead atoms. The Bertz CT molecular complexity index is 1090. The number of amides is 2. The largest absolute Gasteiger partial charge is 0.399 e. The molecule has 0 fully saturated rings. The van der Waals surface area contributed by atoms with Crippen molar-refractivity contribution in [2.75, 3.05) is 16.4 Å². The van der Waals surface area contributed by atoms with Crippen LogP contribution >= 0.6 is 0 Å². The van der Waals surface area contributed by atoms with Crippen LogP contribution in [0.5, 0.6) is 0 Å². The Balaban J connectivity index is 1.53. The van der Waals surface area contributed by atoms with Gasteiger partial charge in [0.2, 0.25) is 0 Å². The SMILES string of the molecule is Nc1ccc(NC(=O)Nc2cccc(-c3[nH]ncc3-c3ccncc3)c2)cc1. The highest BCUT2D eigenvalue weighted by Crippen LogP contribution is 2.31. The minimum atomic E-state index is -0.333. The van der Waals surface area contributed by atoms with E-state index in [0.29, 0.717) is 17.1 Å². The average Bonchev–Trinajstić information content (AvgIpc) is 3.20. The zero-order valence-electron chi connectivity index (χ0n) is 14.9. The summed E-state index contributed by atoms with van der Waals surface area (Å²) < 4.78 is 0. The molecule has 0 atom stereocenters. The first-order chi connectivity index (χ1) is 13.7. The molecule has 138 valence electrons. The van der Waals surface area contributed by atoms with E-state index in [2.05, 4.69) is 25.8 Å². The standard InChI is InChI=1S/C21H18N6O/c22-16-4-6-17(7-5-16)25-21(28)26-18-3-1-2-15(12-18)20-19(13-24-27-20)14-8-10-23-11-9-14/h1-13H,22H2,(H,24,27)(H2,25,26,28). The second-order valence-electron chi connectivity index (χ2n) is 6.18. The normalized spacial score (nSPS) is 10.4. The smallest absolute Gasteiger partial charge is 0.323 e. The van der Waals surface area contributed by atoms with Crippen molar-refractivity contribution in [3.05, 3.63) is 79.3 Å². The molecule has 2 amide bonds. The van der Waals surface area contributed by atoms with Gasteiger partial charge in [-0.15, -0.1) is 0 Å². The van der Waals surface area contributed by atoms with Crippen LogP contribution in [0.15, 0.2) is 79.3 Å². The number of rotatable bonds is 4. The number of nitrogens with zero attached hydrogens (tertiary/aromatic N) is 2. The lowest BCUT2D eigenvalue weighted by Crippen LogP contribution is -2.19. The van der Waals surface area contributed by atoms with E-state index in [4.69, 9.17) is 5.73 Å². The van der Waals surface area contributed by atoms with Gasteiger partial charge in [0.25, 0.3) is 0 Å². The van der Waals surface area contributed by atoms with Crippen LogP contribution in [0.1, 0.15) is 0 Å². The number of aromatic amines is 1. The van der Waals surface area contributed by atoms with E-state index in [0.717, 1.165) is 22.4 Å². The number of carbonyl (C=O) groups is 1. The van der Waals surface area contributed by atoms with Crippen LogP contribution in [-0.4, -0.2) is 21.2 Å². The predicted octanol–water partition coefficient (Wildman–Crippen LogP) is 4.36. The molecule has 2 heterocycles. The van der Waals surface area contributed by atoms with Gasteiger partial charge < -0.3 is 16.4 Å².